The van der Waals surface area contributed by atoms with Crippen molar-refractivity contribution in [1.29, 1.82) is 0 Å². The molecule has 0 saturated heterocycles. The van der Waals surface area contributed by atoms with Crippen LogP contribution in [0.3, 0.4) is 0 Å². The summed E-state index contributed by atoms with van der Waals surface area (Å²) in [6.07, 6.45) is 0.265. The van der Waals surface area contributed by atoms with E-state index in [9.17, 15) is 14.4 Å². The van der Waals surface area contributed by atoms with Crippen LogP contribution in [0.25, 0.3) is 0 Å². The van der Waals surface area contributed by atoms with E-state index in [2.05, 4.69) is 9.69 Å². The molecule has 1 aromatic heterocycles. The Morgan fingerprint density at radius 2 is 1.90 bits per heavy atom. The maximum atomic E-state index is 12.1. The Labute approximate surface area is 133 Å². The van der Waals surface area contributed by atoms with Crippen molar-refractivity contribution in [2.45, 2.75) is 0 Å². The van der Waals surface area contributed by atoms with Crippen molar-refractivity contribution in [1.82, 2.24) is 9.69 Å². The molecule has 0 aliphatic heterocycles. The average molecular weight is 344 g/mol. The molecule has 0 spiro atoms. The van der Waals surface area contributed by atoms with Crippen LogP contribution in [0, 0.1) is 0 Å². The highest BCUT2D eigenvalue weighted by Crippen LogP contribution is 2.29. The Kier molecular flexibility index (Phi) is 4.89. The van der Waals surface area contributed by atoms with Crippen LogP contribution in [0.1, 0.15) is 20.0 Å². The zero-order chi connectivity index (χ0) is 15.4. The molecule has 9 heteroatoms. The lowest BCUT2D eigenvalue weighted by Crippen LogP contribution is -2.23. The molecule has 0 fully saturated rings. The predicted molar refractivity (Wildman–Crippen MR) is 80.1 cm³/mol. The van der Waals surface area contributed by atoms with Gasteiger partial charge in [0.2, 0.25) is 6.41 Å². The van der Waals surface area contributed by atoms with Crippen LogP contribution in [0.4, 0.5) is 5.69 Å². The summed E-state index contributed by atoms with van der Waals surface area (Å²) < 4.78 is 3.75. The van der Waals surface area contributed by atoms with Crippen LogP contribution in [-0.4, -0.2) is 22.6 Å². The van der Waals surface area contributed by atoms with Crippen molar-refractivity contribution in [3.63, 3.8) is 0 Å². The lowest BCUT2D eigenvalue weighted by molar-refractivity contribution is -0.108. The highest BCUT2D eigenvalue weighted by molar-refractivity contribution is 7.09. The molecule has 3 amide bonds. The molecule has 0 saturated carbocycles. The Morgan fingerprint density at radius 3 is 2.52 bits per heavy atom. The maximum absolute atomic E-state index is 12.1. The summed E-state index contributed by atoms with van der Waals surface area (Å²) in [4.78, 5) is 34.3. The molecule has 108 valence electrons. The van der Waals surface area contributed by atoms with Gasteiger partial charge >= 0.3 is 0 Å². The smallest absolute Gasteiger partial charge is 0.268 e. The zero-order valence-electron chi connectivity index (χ0n) is 10.2. The quantitative estimate of drug-likeness (QED) is 0.835. The van der Waals surface area contributed by atoms with E-state index in [1.807, 2.05) is 5.32 Å². The van der Waals surface area contributed by atoms with Gasteiger partial charge in [-0.2, -0.15) is 4.37 Å². The van der Waals surface area contributed by atoms with Gasteiger partial charge in [-0.15, -0.1) is 0 Å². The van der Waals surface area contributed by atoms with Crippen LogP contribution in [0.5, 0.6) is 0 Å². The van der Waals surface area contributed by atoms with Crippen molar-refractivity contribution in [2.24, 2.45) is 0 Å². The van der Waals surface area contributed by atoms with Gasteiger partial charge in [-0.1, -0.05) is 35.3 Å². The summed E-state index contributed by atoms with van der Waals surface area (Å²) in [5.74, 6) is -1.18. The molecule has 2 N–H and O–H groups in total. The van der Waals surface area contributed by atoms with Gasteiger partial charge in [0.15, 0.2) is 5.15 Å². The Balaban J connectivity index is 2.27. The molecule has 6 nitrogen and oxygen atoms in total. The zero-order valence-corrected chi connectivity index (χ0v) is 12.6. The fourth-order valence-electron chi connectivity index (χ4n) is 1.50. The Bertz CT molecular complexity index is 718. The van der Waals surface area contributed by atoms with Crippen molar-refractivity contribution in [3.05, 3.63) is 44.9 Å². The summed E-state index contributed by atoms with van der Waals surface area (Å²) in [6, 6.07) is 6.23. The van der Waals surface area contributed by atoms with Crippen molar-refractivity contribution in [3.8, 4) is 0 Å². The van der Waals surface area contributed by atoms with Crippen molar-refractivity contribution >= 4 is 58.6 Å². The maximum Gasteiger partial charge on any atom is 0.268 e. The first kappa shape index (κ1) is 15.4. The first-order valence-electron chi connectivity index (χ1n) is 5.50. The van der Waals surface area contributed by atoms with E-state index in [1.165, 1.54) is 12.1 Å². The fraction of sp³-hybridized carbons (Fsp3) is 0. The molecule has 0 bridgehead atoms. The Hall–Kier alpha value is -1.96. The summed E-state index contributed by atoms with van der Waals surface area (Å²) in [5, 5.41) is 4.63. The summed E-state index contributed by atoms with van der Waals surface area (Å²) >= 11 is 12.4. The van der Waals surface area contributed by atoms with E-state index >= 15 is 0 Å². The molecule has 2 rings (SSSR count). The molecule has 0 aliphatic carbocycles. The van der Waals surface area contributed by atoms with E-state index in [0.717, 1.165) is 11.5 Å². The largest absolute Gasteiger partial charge is 0.320 e. The number of imide groups is 1. The molecule has 2 aromatic rings. The molecule has 0 atom stereocenters. The van der Waals surface area contributed by atoms with Gasteiger partial charge in [0.05, 0.1) is 11.3 Å². The highest BCUT2D eigenvalue weighted by Gasteiger charge is 2.19. The minimum atomic E-state index is -0.630. The van der Waals surface area contributed by atoms with Gasteiger partial charge in [0.25, 0.3) is 11.8 Å². The molecule has 1 heterocycles. The molecule has 0 unspecified atom stereocenters. The predicted octanol–water partition coefficient (Wildman–Crippen LogP) is 2.59. The fourth-order valence-corrected chi connectivity index (χ4v) is 2.61. The van der Waals surface area contributed by atoms with Crippen LogP contribution in [-0.2, 0) is 4.79 Å². The molecule has 1 aromatic carbocycles. The first-order valence-corrected chi connectivity index (χ1v) is 7.03. The summed E-state index contributed by atoms with van der Waals surface area (Å²) in [5.41, 5.74) is 0.382. The number of hydrogen-bond acceptors (Lipinski definition) is 5. The number of rotatable bonds is 4. The average Bonchev–Trinajstić information content (AvgIpc) is 2.80. The second kappa shape index (κ2) is 6.66. The third kappa shape index (κ3) is 3.38. The van der Waals surface area contributed by atoms with E-state index in [0.29, 0.717) is 0 Å². The van der Waals surface area contributed by atoms with E-state index < -0.39 is 11.8 Å². The number of carbonyl (C=O) groups is 3. The van der Waals surface area contributed by atoms with E-state index in [1.54, 1.807) is 12.1 Å². The van der Waals surface area contributed by atoms with Crippen LogP contribution >= 0.6 is 34.7 Å². The normalized spacial score (nSPS) is 10.0. The Morgan fingerprint density at radius 1 is 1.19 bits per heavy atom. The monoisotopic (exact) mass is 343 g/mol. The molecular weight excluding hydrogens is 337 g/mol. The topological polar surface area (TPSA) is 88.2 Å². The van der Waals surface area contributed by atoms with Gasteiger partial charge in [0.1, 0.15) is 9.90 Å². The minimum Gasteiger partial charge on any atom is -0.320 e. The van der Waals surface area contributed by atoms with Gasteiger partial charge in [-0.25, -0.2) is 0 Å². The lowest BCUT2D eigenvalue weighted by Gasteiger charge is -2.08. The first-order chi connectivity index (χ1) is 10.0. The van der Waals surface area contributed by atoms with E-state index in [4.69, 9.17) is 23.2 Å². The number of nitrogens with one attached hydrogen (secondary N) is 2. The number of halogens is 2. The summed E-state index contributed by atoms with van der Waals surface area (Å²) in [7, 11) is 0. The summed E-state index contributed by atoms with van der Waals surface area (Å²) in [6.45, 7) is 0. The standard InChI is InChI=1S/C12H7Cl2N3O3S/c13-8-9(21-17-10(8)14)12(20)16-7-4-2-1-3-6(7)11(19)15-5-18/h1-5H,(H,16,20)(H,15,18,19). The number of para-hydroxylation sites is 1. The number of nitrogens with zero attached hydrogens (tertiary/aromatic N) is 1. The van der Waals surface area contributed by atoms with Crippen LogP contribution < -0.4 is 10.6 Å². The molecular formula is C12H7Cl2N3O3S. The third-order valence-electron chi connectivity index (χ3n) is 2.41. The van der Waals surface area contributed by atoms with Gasteiger partial charge in [0, 0.05) is 0 Å². The number of carbonyl (C=O) groups excluding carboxylic acids is 3. The van der Waals surface area contributed by atoms with Gasteiger partial charge in [-0.05, 0) is 23.7 Å². The minimum absolute atomic E-state index is 0.0406. The molecule has 0 aliphatic rings. The highest BCUT2D eigenvalue weighted by atomic mass is 35.5. The third-order valence-corrected chi connectivity index (χ3v) is 4.21. The number of hydrogen-bond donors (Lipinski definition) is 2. The molecule has 21 heavy (non-hydrogen) atoms. The SMILES string of the molecule is O=CNC(=O)c1ccccc1NC(=O)c1snc(Cl)c1Cl. The van der Waals surface area contributed by atoms with Crippen LogP contribution in [0.2, 0.25) is 10.2 Å². The van der Waals surface area contributed by atoms with E-state index in [-0.39, 0.29) is 32.7 Å². The second-order valence-electron chi connectivity index (χ2n) is 3.71. The number of amides is 3. The van der Waals surface area contributed by atoms with Gasteiger partial charge < -0.3 is 5.32 Å². The number of anilines is 1. The van der Waals surface area contributed by atoms with Crippen molar-refractivity contribution in [2.75, 3.05) is 5.32 Å². The molecule has 0 radical (unpaired) electrons. The number of benzene rings is 1. The lowest BCUT2D eigenvalue weighted by atomic mass is 10.1. The second-order valence-corrected chi connectivity index (χ2v) is 5.22. The van der Waals surface area contributed by atoms with Crippen molar-refractivity contribution < 1.29 is 14.4 Å². The van der Waals surface area contributed by atoms with Crippen LogP contribution in [0.15, 0.2) is 24.3 Å². The van der Waals surface area contributed by atoms with Gasteiger partial charge in [-0.3, -0.25) is 19.7 Å². The number of aromatic nitrogens is 1.